The van der Waals surface area contributed by atoms with Crippen molar-refractivity contribution >= 4 is 23.2 Å². The van der Waals surface area contributed by atoms with Gasteiger partial charge >= 0.3 is 0 Å². The van der Waals surface area contributed by atoms with Crippen molar-refractivity contribution in [1.29, 1.82) is 0 Å². The number of aliphatic hydroxyl groups excluding tert-OH is 1. The lowest BCUT2D eigenvalue weighted by Crippen LogP contribution is -2.27. The van der Waals surface area contributed by atoms with E-state index >= 15 is 0 Å². The molecule has 36 heavy (non-hydrogen) atoms. The first kappa shape index (κ1) is 25.5. The normalized spacial score (nSPS) is 13.9. The SMILES string of the molecule is OC(C#C[C@@](O)(c1ccccc1)c1ccccc1Cl)C#C[C@@](O)(c1ccccc1)c1ccccc1Cl. The van der Waals surface area contributed by atoms with E-state index in [-0.39, 0.29) is 0 Å². The molecule has 0 fully saturated rings. The highest BCUT2D eigenvalue weighted by Gasteiger charge is 2.33. The van der Waals surface area contributed by atoms with E-state index < -0.39 is 17.3 Å². The van der Waals surface area contributed by atoms with Crippen molar-refractivity contribution in [3.05, 3.63) is 141 Å². The van der Waals surface area contributed by atoms with Gasteiger partial charge in [-0.15, -0.1) is 0 Å². The second-order valence-corrected chi connectivity index (χ2v) is 8.87. The van der Waals surface area contributed by atoms with Crippen molar-refractivity contribution in [3.8, 4) is 23.7 Å². The van der Waals surface area contributed by atoms with Crippen molar-refractivity contribution in [3.63, 3.8) is 0 Å². The fourth-order valence-electron chi connectivity index (χ4n) is 3.84. The van der Waals surface area contributed by atoms with Crippen LogP contribution in [0.25, 0.3) is 0 Å². The summed E-state index contributed by atoms with van der Waals surface area (Å²) in [5, 5.41) is 34.6. The summed E-state index contributed by atoms with van der Waals surface area (Å²) in [4.78, 5) is 0. The molecule has 0 spiro atoms. The van der Waals surface area contributed by atoms with Gasteiger partial charge in [-0.25, -0.2) is 0 Å². The van der Waals surface area contributed by atoms with Crippen LogP contribution < -0.4 is 0 Å². The number of rotatable bonds is 4. The standard InChI is InChI=1S/C31H22Cl2O3/c32-28-17-9-7-15-26(28)30(35,23-11-3-1-4-12-23)21-19-25(34)20-22-31(36,24-13-5-2-6-14-24)27-16-8-10-18-29(27)33/h1-18,25,34-36H/t30-,31-/m1/s1. The van der Waals surface area contributed by atoms with E-state index in [0.717, 1.165) is 0 Å². The van der Waals surface area contributed by atoms with Crippen molar-refractivity contribution in [2.75, 3.05) is 0 Å². The van der Waals surface area contributed by atoms with Crippen LogP contribution in [0.5, 0.6) is 0 Å². The van der Waals surface area contributed by atoms with E-state index in [9.17, 15) is 15.3 Å². The van der Waals surface area contributed by atoms with E-state index in [1.54, 1.807) is 97.1 Å². The summed E-state index contributed by atoms with van der Waals surface area (Å²) in [6, 6.07) is 31.3. The molecule has 0 radical (unpaired) electrons. The van der Waals surface area contributed by atoms with Crippen molar-refractivity contribution in [2.24, 2.45) is 0 Å². The molecule has 0 aliphatic carbocycles. The van der Waals surface area contributed by atoms with Gasteiger partial charge in [0, 0.05) is 32.3 Å². The maximum Gasteiger partial charge on any atom is 0.178 e. The number of benzene rings is 4. The monoisotopic (exact) mass is 512 g/mol. The Labute approximate surface area is 220 Å². The van der Waals surface area contributed by atoms with Gasteiger partial charge in [-0.1, -0.05) is 144 Å². The second kappa shape index (κ2) is 11.0. The quantitative estimate of drug-likeness (QED) is 0.315. The summed E-state index contributed by atoms with van der Waals surface area (Å²) in [6.07, 6.45) is -1.49. The van der Waals surface area contributed by atoms with Crippen LogP contribution in [0.15, 0.2) is 109 Å². The first-order valence-electron chi connectivity index (χ1n) is 11.1. The molecule has 0 unspecified atom stereocenters. The molecule has 4 aromatic carbocycles. The van der Waals surface area contributed by atoms with E-state index in [4.69, 9.17) is 23.2 Å². The topological polar surface area (TPSA) is 60.7 Å². The third kappa shape index (κ3) is 5.32. The van der Waals surface area contributed by atoms with Gasteiger partial charge in [0.05, 0.1) is 0 Å². The zero-order valence-electron chi connectivity index (χ0n) is 19.1. The minimum Gasteiger partial charge on any atom is -0.369 e. The molecule has 3 N–H and O–H groups in total. The molecule has 0 saturated carbocycles. The Morgan fingerprint density at radius 3 is 1.22 bits per heavy atom. The van der Waals surface area contributed by atoms with Gasteiger partial charge in [0.2, 0.25) is 0 Å². The van der Waals surface area contributed by atoms with Crippen LogP contribution in [0.1, 0.15) is 22.3 Å². The van der Waals surface area contributed by atoms with Crippen LogP contribution in [0.4, 0.5) is 0 Å². The van der Waals surface area contributed by atoms with Gasteiger partial charge in [-0.2, -0.15) is 0 Å². The molecule has 3 nitrogen and oxygen atoms in total. The maximum absolute atomic E-state index is 11.6. The Hall–Kier alpha value is -3.54. The molecular formula is C31H22Cl2O3. The van der Waals surface area contributed by atoms with Gasteiger partial charge < -0.3 is 15.3 Å². The summed E-state index contributed by atoms with van der Waals surface area (Å²) in [7, 11) is 0. The van der Waals surface area contributed by atoms with E-state index in [1.165, 1.54) is 0 Å². The summed E-state index contributed by atoms with van der Waals surface area (Å²) in [6.45, 7) is 0. The lowest BCUT2D eigenvalue weighted by molar-refractivity contribution is 0.144. The largest absolute Gasteiger partial charge is 0.369 e. The Morgan fingerprint density at radius 2 is 0.861 bits per heavy atom. The molecule has 178 valence electrons. The van der Waals surface area contributed by atoms with Gasteiger partial charge in [-0.05, 0) is 12.1 Å². The maximum atomic E-state index is 11.6. The Balaban J connectivity index is 1.76. The summed E-state index contributed by atoms with van der Waals surface area (Å²) >= 11 is 12.8. The predicted molar refractivity (Wildman–Crippen MR) is 143 cm³/mol. The fourth-order valence-corrected chi connectivity index (χ4v) is 4.38. The summed E-state index contributed by atoms with van der Waals surface area (Å²) in [5.41, 5.74) is -1.85. The molecule has 0 aliphatic rings. The average Bonchev–Trinajstić information content (AvgIpc) is 2.92. The smallest absolute Gasteiger partial charge is 0.178 e. The highest BCUT2D eigenvalue weighted by Crippen LogP contribution is 2.35. The highest BCUT2D eigenvalue weighted by molar-refractivity contribution is 6.31. The van der Waals surface area contributed by atoms with Gasteiger partial charge in [0.25, 0.3) is 0 Å². The van der Waals surface area contributed by atoms with Crippen LogP contribution in [-0.2, 0) is 11.2 Å². The molecule has 5 heteroatoms. The molecule has 0 amide bonds. The van der Waals surface area contributed by atoms with Gasteiger partial charge in [0.1, 0.15) is 0 Å². The molecule has 4 aromatic rings. The van der Waals surface area contributed by atoms with E-state index in [0.29, 0.717) is 32.3 Å². The summed E-state index contributed by atoms with van der Waals surface area (Å²) in [5.74, 6) is 10.7. The van der Waals surface area contributed by atoms with Crippen LogP contribution >= 0.6 is 23.2 Å². The Morgan fingerprint density at radius 1 is 0.528 bits per heavy atom. The Kier molecular flexibility index (Phi) is 7.82. The molecule has 0 saturated heterocycles. The van der Waals surface area contributed by atoms with Crippen molar-refractivity contribution in [2.45, 2.75) is 17.3 Å². The Bertz CT molecular complexity index is 1350. The van der Waals surface area contributed by atoms with Crippen LogP contribution in [-0.4, -0.2) is 21.4 Å². The first-order chi connectivity index (χ1) is 17.3. The van der Waals surface area contributed by atoms with Crippen LogP contribution in [0, 0.1) is 23.7 Å². The number of aliphatic hydroxyl groups is 3. The number of halogens is 2. The zero-order valence-corrected chi connectivity index (χ0v) is 20.6. The first-order valence-corrected chi connectivity index (χ1v) is 11.9. The fraction of sp³-hybridized carbons (Fsp3) is 0.0968. The van der Waals surface area contributed by atoms with Crippen LogP contribution in [0.3, 0.4) is 0 Å². The van der Waals surface area contributed by atoms with Crippen molar-refractivity contribution in [1.82, 2.24) is 0 Å². The van der Waals surface area contributed by atoms with E-state index in [2.05, 4.69) is 23.7 Å². The molecule has 4 rings (SSSR count). The third-order valence-electron chi connectivity index (χ3n) is 5.69. The minimum absolute atomic E-state index is 0.330. The predicted octanol–water partition coefficient (Wildman–Crippen LogP) is 5.53. The van der Waals surface area contributed by atoms with Gasteiger partial charge in [-0.3, -0.25) is 0 Å². The summed E-state index contributed by atoms with van der Waals surface area (Å²) < 4.78 is 0. The van der Waals surface area contributed by atoms with E-state index in [1.807, 2.05) is 12.1 Å². The van der Waals surface area contributed by atoms with Gasteiger partial charge in [0.15, 0.2) is 17.3 Å². The highest BCUT2D eigenvalue weighted by atomic mass is 35.5. The number of hydrogen-bond donors (Lipinski definition) is 3. The second-order valence-electron chi connectivity index (χ2n) is 8.05. The lowest BCUT2D eigenvalue weighted by Gasteiger charge is -2.25. The van der Waals surface area contributed by atoms with Crippen LogP contribution in [0.2, 0.25) is 10.0 Å². The minimum atomic E-state index is -1.79. The lowest BCUT2D eigenvalue weighted by atomic mass is 9.86. The number of hydrogen-bond acceptors (Lipinski definition) is 3. The molecule has 0 aromatic heterocycles. The molecule has 0 bridgehead atoms. The average molecular weight is 513 g/mol. The molecule has 0 aliphatic heterocycles. The third-order valence-corrected chi connectivity index (χ3v) is 6.35. The molecular weight excluding hydrogens is 491 g/mol. The zero-order chi connectivity index (χ0) is 25.6. The molecule has 0 heterocycles. The van der Waals surface area contributed by atoms with Crippen molar-refractivity contribution < 1.29 is 15.3 Å². The molecule has 2 atom stereocenters.